The molecule has 2 heterocycles. The van der Waals surface area contributed by atoms with Crippen molar-refractivity contribution in [3.63, 3.8) is 0 Å². The zero-order valence-electron chi connectivity index (χ0n) is 11.0. The second kappa shape index (κ2) is 4.59. The van der Waals surface area contributed by atoms with Crippen LogP contribution in [0.4, 0.5) is 0 Å². The maximum Gasteiger partial charge on any atom is 0.310 e. The molecular formula is C15H14N2O3. The Morgan fingerprint density at radius 2 is 2.00 bits per heavy atom. The highest BCUT2D eigenvalue weighted by molar-refractivity contribution is 6.06. The van der Waals surface area contributed by atoms with Crippen molar-refractivity contribution in [3.05, 3.63) is 41.6 Å². The molecule has 1 saturated heterocycles. The third-order valence-corrected chi connectivity index (χ3v) is 3.59. The standard InChI is InChI=1S/C15H14N2O3/c1-9-6-12(11-4-2-3-5-13(11)16-9)14(18)17-7-10(8-17)15(19)20/h2-6,10H,7-8H2,1H3,(H,19,20). The van der Waals surface area contributed by atoms with Crippen molar-refractivity contribution in [1.29, 1.82) is 0 Å². The van der Waals surface area contributed by atoms with Gasteiger partial charge in [-0.3, -0.25) is 14.6 Å². The van der Waals surface area contributed by atoms with Crippen LogP contribution in [0.1, 0.15) is 16.1 Å². The molecule has 1 aromatic carbocycles. The number of rotatable bonds is 2. The lowest BCUT2D eigenvalue weighted by Gasteiger charge is -2.36. The number of aromatic nitrogens is 1. The molecule has 1 aliphatic heterocycles. The minimum Gasteiger partial charge on any atom is -0.481 e. The van der Waals surface area contributed by atoms with Gasteiger partial charge in [0.25, 0.3) is 5.91 Å². The van der Waals surface area contributed by atoms with Gasteiger partial charge < -0.3 is 10.0 Å². The molecular weight excluding hydrogens is 256 g/mol. The molecule has 0 radical (unpaired) electrons. The van der Waals surface area contributed by atoms with Crippen molar-refractivity contribution in [1.82, 2.24) is 9.88 Å². The summed E-state index contributed by atoms with van der Waals surface area (Å²) >= 11 is 0. The minimum atomic E-state index is -0.843. The predicted octanol–water partition coefficient (Wildman–Crippen LogP) is 1.70. The Morgan fingerprint density at radius 3 is 2.70 bits per heavy atom. The molecule has 5 heteroatoms. The maximum atomic E-state index is 12.5. The van der Waals surface area contributed by atoms with E-state index in [4.69, 9.17) is 5.11 Å². The Balaban J connectivity index is 1.94. The highest BCUT2D eigenvalue weighted by atomic mass is 16.4. The van der Waals surface area contributed by atoms with Crippen LogP contribution in [0.25, 0.3) is 10.9 Å². The Labute approximate surface area is 115 Å². The van der Waals surface area contributed by atoms with Crippen molar-refractivity contribution in [2.45, 2.75) is 6.92 Å². The lowest BCUT2D eigenvalue weighted by atomic mass is 9.98. The van der Waals surface area contributed by atoms with E-state index in [1.165, 1.54) is 0 Å². The summed E-state index contributed by atoms with van der Waals surface area (Å²) in [4.78, 5) is 29.2. The molecule has 5 nitrogen and oxygen atoms in total. The van der Waals surface area contributed by atoms with E-state index in [1.54, 1.807) is 11.0 Å². The molecule has 1 N–H and O–H groups in total. The summed E-state index contributed by atoms with van der Waals surface area (Å²) in [5.41, 5.74) is 2.16. The molecule has 0 spiro atoms. The molecule has 1 fully saturated rings. The molecule has 20 heavy (non-hydrogen) atoms. The number of carbonyl (C=O) groups is 2. The number of carboxylic acids is 1. The largest absolute Gasteiger partial charge is 0.481 e. The number of likely N-dealkylation sites (tertiary alicyclic amines) is 1. The van der Waals surface area contributed by atoms with E-state index in [0.717, 1.165) is 16.6 Å². The van der Waals surface area contributed by atoms with Gasteiger partial charge in [-0.1, -0.05) is 18.2 Å². The first-order valence-corrected chi connectivity index (χ1v) is 6.45. The fourth-order valence-electron chi connectivity index (χ4n) is 2.46. The van der Waals surface area contributed by atoms with Crippen molar-refractivity contribution >= 4 is 22.8 Å². The van der Waals surface area contributed by atoms with Crippen molar-refractivity contribution < 1.29 is 14.7 Å². The molecule has 0 saturated carbocycles. The summed E-state index contributed by atoms with van der Waals surface area (Å²) in [5, 5.41) is 9.68. The molecule has 3 rings (SSSR count). The molecule has 0 unspecified atom stereocenters. The van der Waals surface area contributed by atoms with E-state index in [-0.39, 0.29) is 19.0 Å². The van der Waals surface area contributed by atoms with E-state index in [0.29, 0.717) is 5.56 Å². The molecule has 1 amide bonds. The second-order valence-corrected chi connectivity index (χ2v) is 5.07. The summed E-state index contributed by atoms with van der Waals surface area (Å²) in [6, 6.07) is 9.25. The summed E-state index contributed by atoms with van der Waals surface area (Å²) in [5.74, 6) is -1.40. The van der Waals surface area contributed by atoms with Crippen molar-refractivity contribution in [2.24, 2.45) is 5.92 Å². The van der Waals surface area contributed by atoms with E-state index in [2.05, 4.69) is 4.98 Å². The van der Waals surface area contributed by atoms with Gasteiger partial charge in [-0.05, 0) is 19.1 Å². The molecule has 1 aromatic heterocycles. The highest BCUT2D eigenvalue weighted by Gasteiger charge is 2.36. The normalized spacial score (nSPS) is 15.2. The quantitative estimate of drug-likeness (QED) is 0.901. The Morgan fingerprint density at radius 1 is 1.30 bits per heavy atom. The monoisotopic (exact) mass is 270 g/mol. The number of benzene rings is 1. The zero-order valence-corrected chi connectivity index (χ0v) is 11.0. The number of aliphatic carboxylic acids is 1. The fraction of sp³-hybridized carbons (Fsp3) is 0.267. The second-order valence-electron chi connectivity index (χ2n) is 5.07. The average molecular weight is 270 g/mol. The number of hydrogen-bond donors (Lipinski definition) is 1. The van der Waals surface area contributed by atoms with Gasteiger partial charge >= 0.3 is 5.97 Å². The predicted molar refractivity (Wildman–Crippen MR) is 73.5 cm³/mol. The first-order valence-electron chi connectivity index (χ1n) is 6.45. The van der Waals surface area contributed by atoms with Gasteiger partial charge in [0.2, 0.25) is 0 Å². The zero-order chi connectivity index (χ0) is 14.3. The summed E-state index contributed by atoms with van der Waals surface area (Å²) in [7, 11) is 0. The molecule has 0 aliphatic carbocycles. The van der Waals surface area contributed by atoms with E-state index in [9.17, 15) is 9.59 Å². The lowest BCUT2D eigenvalue weighted by Crippen LogP contribution is -2.53. The van der Waals surface area contributed by atoms with Crippen LogP contribution in [0.2, 0.25) is 0 Å². The lowest BCUT2D eigenvalue weighted by molar-refractivity contribution is -0.146. The number of amides is 1. The number of fused-ring (bicyclic) bond motifs is 1. The number of carbonyl (C=O) groups excluding carboxylic acids is 1. The number of carboxylic acid groups (broad SMARTS) is 1. The number of nitrogens with zero attached hydrogens (tertiary/aromatic N) is 2. The third kappa shape index (κ3) is 2.01. The smallest absolute Gasteiger partial charge is 0.310 e. The minimum absolute atomic E-state index is 0.121. The molecule has 0 atom stereocenters. The maximum absolute atomic E-state index is 12.5. The van der Waals surface area contributed by atoms with Gasteiger partial charge in [-0.2, -0.15) is 0 Å². The van der Waals surface area contributed by atoms with Crippen LogP contribution in [0, 0.1) is 12.8 Å². The van der Waals surface area contributed by atoms with Gasteiger partial charge in [0.1, 0.15) is 0 Å². The summed E-state index contributed by atoms with van der Waals surface area (Å²) in [6.07, 6.45) is 0. The van der Waals surface area contributed by atoms with Crippen LogP contribution in [-0.4, -0.2) is 40.0 Å². The van der Waals surface area contributed by atoms with Crippen LogP contribution in [-0.2, 0) is 4.79 Å². The fourth-order valence-corrected chi connectivity index (χ4v) is 2.46. The van der Waals surface area contributed by atoms with Gasteiger partial charge in [0.05, 0.1) is 17.0 Å². The topological polar surface area (TPSA) is 70.5 Å². The van der Waals surface area contributed by atoms with Crippen LogP contribution in [0.3, 0.4) is 0 Å². The van der Waals surface area contributed by atoms with Crippen molar-refractivity contribution in [2.75, 3.05) is 13.1 Å². The number of para-hydroxylation sites is 1. The number of pyridine rings is 1. The van der Waals surface area contributed by atoms with Gasteiger partial charge in [0, 0.05) is 24.2 Å². The average Bonchev–Trinajstić information content (AvgIpc) is 2.35. The molecule has 0 bridgehead atoms. The Hall–Kier alpha value is -2.43. The van der Waals surface area contributed by atoms with E-state index >= 15 is 0 Å². The summed E-state index contributed by atoms with van der Waals surface area (Å²) in [6.45, 7) is 2.41. The molecule has 1 aliphatic rings. The van der Waals surface area contributed by atoms with Gasteiger partial charge in [-0.15, -0.1) is 0 Å². The van der Waals surface area contributed by atoms with E-state index in [1.807, 2.05) is 31.2 Å². The number of aryl methyl sites for hydroxylation is 1. The molecule has 102 valence electrons. The van der Waals surface area contributed by atoms with E-state index < -0.39 is 11.9 Å². The molecule has 2 aromatic rings. The van der Waals surface area contributed by atoms with Crippen LogP contribution in [0.5, 0.6) is 0 Å². The third-order valence-electron chi connectivity index (χ3n) is 3.59. The summed E-state index contributed by atoms with van der Waals surface area (Å²) < 4.78 is 0. The van der Waals surface area contributed by atoms with Gasteiger partial charge in [0.15, 0.2) is 0 Å². The first-order chi connectivity index (χ1) is 9.56. The first kappa shape index (κ1) is 12.6. The highest BCUT2D eigenvalue weighted by Crippen LogP contribution is 2.24. The Kier molecular flexibility index (Phi) is 2.89. The van der Waals surface area contributed by atoms with Crippen LogP contribution >= 0.6 is 0 Å². The Bertz CT molecular complexity index is 705. The van der Waals surface area contributed by atoms with Gasteiger partial charge in [-0.25, -0.2) is 0 Å². The van der Waals surface area contributed by atoms with Crippen molar-refractivity contribution in [3.8, 4) is 0 Å². The van der Waals surface area contributed by atoms with Crippen LogP contribution in [0.15, 0.2) is 30.3 Å². The number of hydrogen-bond acceptors (Lipinski definition) is 3. The van der Waals surface area contributed by atoms with Crippen LogP contribution < -0.4 is 0 Å². The SMILES string of the molecule is Cc1cc(C(=O)N2CC(C(=O)O)C2)c2ccccc2n1.